The fraction of sp³-hybridized carbons (Fsp3) is 0.212. The highest BCUT2D eigenvalue weighted by atomic mass is 16.5. The van der Waals surface area contributed by atoms with Crippen molar-refractivity contribution < 1.29 is 19.1 Å². The molecule has 0 fully saturated rings. The molecule has 10 heteroatoms. The monoisotopic (exact) mass is 572 g/mol. The van der Waals surface area contributed by atoms with Crippen LogP contribution in [0.2, 0.25) is 0 Å². The number of benzene rings is 3. The van der Waals surface area contributed by atoms with Crippen LogP contribution in [0.3, 0.4) is 0 Å². The number of azo groups is 1. The lowest BCUT2D eigenvalue weighted by Crippen LogP contribution is -2.50. The summed E-state index contributed by atoms with van der Waals surface area (Å²) in [6.07, 6.45) is 2.33. The second-order valence-electron chi connectivity index (χ2n) is 9.98. The molecule has 0 bridgehead atoms. The van der Waals surface area contributed by atoms with Gasteiger partial charge < -0.3 is 19.7 Å². The number of fused-ring (bicyclic) bond motifs is 2. The summed E-state index contributed by atoms with van der Waals surface area (Å²) in [5.74, 6) is 6.59. The second kappa shape index (κ2) is 12.5. The van der Waals surface area contributed by atoms with E-state index in [4.69, 9.17) is 9.47 Å². The van der Waals surface area contributed by atoms with Crippen molar-refractivity contribution >= 4 is 34.2 Å². The van der Waals surface area contributed by atoms with Crippen molar-refractivity contribution in [2.75, 3.05) is 25.2 Å². The summed E-state index contributed by atoms with van der Waals surface area (Å²) in [6.45, 7) is 0.387. The zero-order valence-electron chi connectivity index (χ0n) is 23.4. The molecular formula is C33H28N6O4. The molecule has 0 spiro atoms. The van der Waals surface area contributed by atoms with Crippen LogP contribution in [0.15, 0.2) is 100 Å². The number of hydrogen-bond acceptors (Lipinski definition) is 8. The number of rotatable bonds is 7. The van der Waals surface area contributed by atoms with Gasteiger partial charge in [-0.05, 0) is 48.0 Å². The molecule has 1 aromatic heterocycles. The number of anilines is 1. The minimum absolute atomic E-state index is 0.0359. The van der Waals surface area contributed by atoms with E-state index in [1.165, 1.54) is 4.90 Å². The molecule has 2 amide bonds. The van der Waals surface area contributed by atoms with Gasteiger partial charge in [0.15, 0.2) is 6.17 Å². The number of hydrogen-bond donors (Lipinski definition) is 1. The minimum atomic E-state index is -0.924. The van der Waals surface area contributed by atoms with E-state index >= 15 is 0 Å². The number of carbonyl (C=O) groups excluding carboxylic acids is 2. The summed E-state index contributed by atoms with van der Waals surface area (Å²) < 4.78 is 11.8. The average Bonchev–Trinajstić information content (AvgIpc) is 3.47. The van der Waals surface area contributed by atoms with Crippen LogP contribution in [0.25, 0.3) is 10.9 Å². The molecule has 0 aliphatic carbocycles. The van der Waals surface area contributed by atoms with Gasteiger partial charge in [0.25, 0.3) is 11.8 Å². The Morgan fingerprint density at radius 3 is 2.86 bits per heavy atom. The lowest BCUT2D eigenvalue weighted by molar-refractivity contribution is -0.124. The Labute approximate surface area is 248 Å². The summed E-state index contributed by atoms with van der Waals surface area (Å²) in [5, 5.41) is 11.7. The lowest BCUT2D eigenvalue weighted by atomic mass is 10.1. The first kappa shape index (κ1) is 27.6. The van der Waals surface area contributed by atoms with Gasteiger partial charge in [0.05, 0.1) is 17.8 Å². The van der Waals surface area contributed by atoms with Gasteiger partial charge in [0.1, 0.15) is 24.1 Å². The molecule has 43 heavy (non-hydrogen) atoms. The summed E-state index contributed by atoms with van der Waals surface area (Å²) in [7, 11) is 1.64. The molecule has 0 radical (unpaired) electrons. The average molecular weight is 573 g/mol. The molecule has 2 aliphatic rings. The number of amides is 2. The van der Waals surface area contributed by atoms with Crippen molar-refractivity contribution in [1.29, 1.82) is 0 Å². The number of nitrogens with zero attached hydrogens (tertiary/aromatic N) is 5. The summed E-state index contributed by atoms with van der Waals surface area (Å²) in [4.78, 5) is 36.3. The Kier molecular flexibility index (Phi) is 8.04. The van der Waals surface area contributed by atoms with Crippen LogP contribution in [-0.4, -0.2) is 55.1 Å². The summed E-state index contributed by atoms with van der Waals surface area (Å²) in [6, 6.07) is 23.8. The number of pyridine rings is 1. The largest absolute Gasteiger partial charge is 0.492 e. The normalized spacial score (nSPS) is 17.3. The zero-order valence-corrected chi connectivity index (χ0v) is 23.4. The Bertz CT molecular complexity index is 1790. The van der Waals surface area contributed by atoms with Gasteiger partial charge in [-0.15, -0.1) is 5.11 Å². The van der Waals surface area contributed by atoms with Crippen LogP contribution >= 0.6 is 0 Å². The smallest absolute Gasteiger partial charge is 0.291 e. The fourth-order valence-electron chi connectivity index (χ4n) is 4.81. The molecule has 4 aromatic rings. The first-order valence-corrected chi connectivity index (χ1v) is 13.9. The fourth-order valence-corrected chi connectivity index (χ4v) is 4.81. The van der Waals surface area contributed by atoms with Crippen molar-refractivity contribution in [3.63, 3.8) is 0 Å². The predicted molar refractivity (Wildman–Crippen MR) is 162 cm³/mol. The van der Waals surface area contributed by atoms with Crippen LogP contribution in [0.1, 0.15) is 17.5 Å². The van der Waals surface area contributed by atoms with Gasteiger partial charge in [-0.1, -0.05) is 48.2 Å². The van der Waals surface area contributed by atoms with Crippen LogP contribution in [0, 0.1) is 11.8 Å². The molecule has 3 heterocycles. The second-order valence-corrected chi connectivity index (χ2v) is 9.98. The maximum Gasteiger partial charge on any atom is 0.291 e. The number of carbonyl (C=O) groups is 2. The molecule has 214 valence electrons. The van der Waals surface area contributed by atoms with Gasteiger partial charge in [-0.2, -0.15) is 5.11 Å². The van der Waals surface area contributed by atoms with Crippen molar-refractivity contribution in [3.05, 3.63) is 96.2 Å². The molecule has 0 saturated heterocycles. The molecule has 3 aromatic carbocycles. The van der Waals surface area contributed by atoms with Crippen molar-refractivity contribution in [2.45, 2.75) is 25.0 Å². The number of amidine groups is 1. The van der Waals surface area contributed by atoms with E-state index in [1.54, 1.807) is 25.4 Å². The van der Waals surface area contributed by atoms with Crippen LogP contribution in [0.4, 0.5) is 5.69 Å². The van der Waals surface area contributed by atoms with Gasteiger partial charge in [0, 0.05) is 37.0 Å². The van der Waals surface area contributed by atoms with Crippen LogP contribution < -0.4 is 19.7 Å². The predicted octanol–water partition coefficient (Wildman–Crippen LogP) is 4.33. The highest BCUT2D eigenvalue weighted by Crippen LogP contribution is 2.31. The third-order valence-electron chi connectivity index (χ3n) is 7.00. The zero-order chi connectivity index (χ0) is 29.6. The number of aromatic nitrogens is 1. The molecule has 0 saturated carbocycles. The topological polar surface area (TPSA) is 118 Å². The van der Waals surface area contributed by atoms with E-state index in [-0.39, 0.29) is 18.3 Å². The highest BCUT2D eigenvalue weighted by molar-refractivity contribution is 6.38. The van der Waals surface area contributed by atoms with Gasteiger partial charge >= 0.3 is 0 Å². The van der Waals surface area contributed by atoms with Crippen molar-refractivity contribution in [2.24, 2.45) is 15.2 Å². The third-order valence-corrected chi connectivity index (χ3v) is 7.00. The van der Waals surface area contributed by atoms with Crippen molar-refractivity contribution in [3.8, 4) is 23.3 Å². The molecular weight excluding hydrogens is 544 g/mol. The minimum Gasteiger partial charge on any atom is -0.492 e. The van der Waals surface area contributed by atoms with Gasteiger partial charge in [-0.25, -0.2) is 4.99 Å². The lowest BCUT2D eigenvalue weighted by Gasteiger charge is -2.20. The third kappa shape index (κ3) is 6.36. The van der Waals surface area contributed by atoms with E-state index < -0.39 is 18.1 Å². The van der Waals surface area contributed by atoms with E-state index in [0.29, 0.717) is 30.9 Å². The maximum atomic E-state index is 13.3. The molecule has 6 rings (SSSR count). The number of nitrogens with one attached hydrogen (secondary N) is 1. The molecule has 2 atom stereocenters. The summed E-state index contributed by atoms with van der Waals surface area (Å²) >= 11 is 0. The Hall–Kier alpha value is -5.56. The standard InChI is InChI=1S/C33H28N6O4/c1-39-27-19-23(11-5-6-18-42-28-14-7-13-25-24(28)12-8-17-34-25)15-16-29(27)43-21-26(33(39)41)35-32(40)31-36-30(37-38-31)20-22-9-3-2-4-10-22/h2-4,7-10,12-17,19,26,30H,6,18,20-21H2,1H3,(H,35,40)/t26-,30?/m0/s1. The Morgan fingerprint density at radius 1 is 1.09 bits per heavy atom. The van der Waals surface area contributed by atoms with E-state index in [0.717, 1.165) is 27.8 Å². The SMILES string of the molecule is CN1C(=O)[C@@H](NC(=O)C2=NC(Cc3ccccc3)N=N2)COc2ccc(C#CCCOc3cccc4ncccc34)cc21. The van der Waals surface area contributed by atoms with Crippen LogP contribution in [-0.2, 0) is 16.0 Å². The van der Waals surface area contributed by atoms with E-state index in [9.17, 15) is 9.59 Å². The van der Waals surface area contributed by atoms with E-state index in [2.05, 4.69) is 37.4 Å². The van der Waals surface area contributed by atoms with Gasteiger partial charge in [0.2, 0.25) is 5.84 Å². The van der Waals surface area contributed by atoms with Crippen molar-refractivity contribution in [1.82, 2.24) is 10.3 Å². The quantitative estimate of drug-likeness (QED) is 0.261. The number of aliphatic imine (C=N–C) groups is 1. The molecule has 1 unspecified atom stereocenters. The van der Waals surface area contributed by atoms with E-state index in [1.807, 2.05) is 66.7 Å². The first-order chi connectivity index (χ1) is 21.0. The van der Waals surface area contributed by atoms with Gasteiger partial charge in [-0.3, -0.25) is 14.6 Å². The molecule has 2 aliphatic heterocycles. The number of likely N-dealkylation sites (N-methyl/N-ethyl adjacent to an activating group) is 1. The number of ether oxygens (including phenoxy) is 2. The molecule has 1 N–H and O–H groups in total. The summed E-state index contributed by atoms with van der Waals surface area (Å²) in [5.41, 5.74) is 3.21. The van der Waals surface area contributed by atoms with Crippen LogP contribution in [0.5, 0.6) is 11.5 Å². The molecule has 10 nitrogen and oxygen atoms in total. The highest BCUT2D eigenvalue weighted by Gasteiger charge is 2.32. The Balaban J connectivity index is 1.05. The maximum absolute atomic E-state index is 13.3. The Morgan fingerprint density at radius 2 is 1.98 bits per heavy atom. The first-order valence-electron chi connectivity index (χ1n) is 13.9.